The lowest BCUT2D eigenvalue weighted by molar-refractivity contribution is 0.104. The van der Waals surface area contributed by atoms with Crippen molar-refractivity contribution < 1.29 is 9.84 Å². The quantitative estimate of drug-likeness (QED) is 0.800. The molecule has 1 heterocycles. The average molecular weight is 266 g/mol. The zero-order valence-electron chi connectivity index (χ0n) is 10.4. The van der Waals surface area contributed by atoms with Crippen LogP contribution in [-0.4, -0.2) is 41.4 Å². The average Bonchev–Trinajstić information content (AvgIpc) is 2.39. The van der Waals surface area contributed by atoms with Crippen LogP contribution in [0.25, 0.3) is 0 Å². The number of piperidine rings is 1. The highest BCUT2D eigenvalue weighted by Crippen LogP contribution is 2.17. The Kier molecular flexibility index (Phi) is 4.38. The van der Waals surface area contributed by atoms with E-state index in [4.69, 9.17) is 17.0 Å². The predicted octanol–water partition coefficient (Wildman–Crippen LogP) is 1.85. The molecule has 1 aliphatic rings. The SMILES string of the molecule is COc1ccc(NC(=S)N2CCC[C@H](O)C2)cc1. The lowest BCUT2D eigenvalue weighted by Crippen LogP contribution is -2.44. The van der Waals surface area contributed by atoms with Crippen LogP contribution in [0.2, 0.25) is 0 Å². The molecule has 2 N–H and O–H groups in total. The largest absolute Gasteiger partial charge is 0.497 e. The van der Waals surface area contributed by atoms with Gasteiger partial charge in [0.05, 0.1) is 13.2 Å². The molecule has 1 saturated heterocycles. The van der Waals surface area contributed by atoms with Gasteiger partial charge in [0.2, 0.25) is 0 Å². The van der Waals surface area contributed by atoms with Crippen LogP contribution < -0.4 is 10.1 Å². The molecule has 0 saturated carbocycles. The Morgan fingerprint density at radius 3 is 2.78 bits per heavy atom. The highest BCUT2D eigenvalue weighted by molar-refractivity contribution is 7.80. The summed E-state index contributed by atoms with van der Waals surface area (Å²) in [5.74, 6) is 0.819. The maximum atomic E-state index is 9.62. The topological polar surface area (TPSA) is 44.7 Å². The molecule has 0 aromatic heterocycles. The number of hydrogen-bond donors (Lipinski definition) is 2. The van der Waals surface area contributed by atoms with Gasteiger partial charge in [-0.1, -0.05) is 0 Å². The number of hydrogen-bond acceptors (Lipinski definition) is 3. The molecule has 98 valence electrons. The first-order valence-corrected chi connectivity index (χ1v) is 6.48. The Labute approximate surface area is 113 Å². The highest BCUT2D eigenvalue weighted by Gasteiger charge is 2.19. The molecule has 0 bridgehead atoms. The first kappa shape index (κ1) is 13.1. The molecule has 0 spiro atoms. The number of rotatable bonds is 2. The number of β-amino-alcohol motifs (C(OH)–C–C–N with tert-alkyl or cyclic N) is 1. The third-order valence-corrected chi connectivity index (χ3v) is 3.39. The molecule has 1 aliphatic heterocycles. The van der Waals surface area contributed by atoms with Gasteiger partial charge in [0.1, 0.15) is 5.75 Å². The number of likely N-dealkylation sites (tertiary alicyclic amines) is 1. The van der Waals surface area contributed by atoms with Crippen LogP contribution in [0.4, 0.5) is 5.69 Å². The van der Waals surface area contributed by atoms with Gasteiger partial charge in [0.25, 0.3) is 0 Å². The zero-order valence-corrected chi connectivity index (χ0v) is 11.2. The first-order chi connectivity index (χ1) is 8.69. The van der Waals surface area contributed by atoms with Crippen molar-refractivity contribution in [1.82, 2.24) is 4.90 Å². The van der Waals surface area contributed by atoms with Gasteiger partial charge >= 0.3 is 0 Å². The van der Waals surface area contributed by atoms with E-state index in [-0.39, 0.29) is 6.10 Å². The number of benzene rings is 1. The van der Waals surface area contributed by atoms with E-state index in [1.807, 2.05) is 29.2 Å². The van der Waals surface area contributed by atoms with Gasteiger partial charge < -0.3 is 20.1 Å². The predicted molar refractivity (Wildman–Crippen MR) is 76.0 cm³/mol. The van der Waals surface area contributed by atoms with E-state index < -0.39 is 0 Å². The van der Waals surface area contributed by atoms with E-state index in [9.17, 15) is 5.11 Å². The van der Waals surface area contributed by atoms with Crippen molar-refractivity contribution in [2.45, 2.75) is 18.9 Å². The summed E-state index contributed by atoms with van der Waals surface area (Å²) in [4.78, 5) is 2.01. The minimum Gasteiger partial charge on any atom is -0.497 e. The summed E-state index contributed by atoms with van der Waals surface area (Å²) in [5.41, 5.74) is 0.931. The van der Waals surface area contributed by atoms with Gasteiger partial charge in [-0.25, -0.2) is 0 Å². The van der Waals surface area contributed by atoms with Crippen LogP contribution in [0.3, 0.4) is 0 Å². The Bertz CT molecular complexity index is 408. The number of methoxy groups -OCH3 is 1. The van der Waals surface area contributed by atoms with Crippen molar-refractivity contribution >= 4 is 23.0 Å². The van der Waals surface area contributed by atoms with Crippen molar-refractivity contribution in [2.24, 2.45) is 0 Å². The third kappa shape index (κ3) is 3.34. The molecular formula is C13H18N2O2S. The lowest BCUT2D eigenvalue weighted by atomic mass is 10.1. The number of ether oxygens (including phenoxy) is 1. The number of anilines is 1. The normalized spacial score (nSPS) is 19.4. The fourth-order valence-corrected chi connectivity index (χ4v) is 2.30. The van der Waals surface area contributed by atoms with Crippen LogP contribution in [-0.2, 0) is 0 Å². The summed E-state index contributed by atoms with van der Waals surface area (Å²) in [7, 11) is 1.64. The fraction of sp³-hybridized carbons (Fsp3) is 0.462. The van der Waals surface area contributed by atoms with Gasteiger partial charge in [-0.2, -0.15) is 0 Å². The summed E-state index contributed by atoms with van der Waals surface area (Å²) in [6.45, 7) is 1.51. The fourth-order valence-electron chi connectivity index (χ4n) is 2.02. The van der Waals surface area contributed by atoms with Crippen LogP contribution in [0.1, 0.15) is 12.8 Å². The maximum Gasteiger partial charge on any atom is 0.173 e. The Morgan fingerprint density at radius 1 is 1.44 bits per heavy atom. The minimum atomic E-state index is -0.269. The summed E-state index contributed by atoms with van der Waals surface area (Å²) in [6.07, 6.45) is 1.57. The van der Waals surface area contributed by atoms with Gasteiger partial charge in [0, 0.05) is 18.8 Å². The molecule has 1 aromatic rings. The molecule has 1 atom stereocenters. The minimum absolute atomic E-state index is 0.269. The van der Waals surface area contributed by atoms with Gasteiger partial charge in [-0.3, -0.25) is 0 Å². The van der Waals surface area contributed by atoms with Crippen molar-refractivity contribution in [1.29, 1.82) is 0 Å². The number of nitrogens with one attached hydrogen (secondary N) is 1. The first-order valence-electron chi connectivity index (χ1n) is 6.07. The highest BCUT2D eigenvalue weighted by atomic mass is 32.1. The summed E-state index contributed by atoms with van der Waals surface area (Å²) >= 11 is 5.34. The summed E-state index contributed by atoms with van der Waals surface area (Å²) < 4.78 is 5.10. The van der Waals surface area contributed by atoms with Gasteiger partial charge in [0.15, 0.2) is 5.11 Å². The van der Waals surface area contributed by atoms with Gasteiger partial charge in [-0.05, 0) is 49.3 Å². The monoisotopic (exact) mass is 266 g/mol. The summed E-state index contributed by atoms with van der Waals surface area (Å²) in [5, 5.41) is 13.5. The lowest BCUT2D eigenvalue weighted by Gasteiger charge is -2.32. The molecule has 1 fully saturated rings. The van der Waals surface area contributed by atoms with Crippen molar-refractivity contribution in [2.75, 3.05) is 25.5 Å². The molecule has 2 rings (SSSR count). The number of aliphatic hydroxyl groups excluding tert-OH is 1. The summed E-state index contributed by atoms with van der Waals surface area (Å²) in [6, 6.07) is 7.61. The number of aliphatic hydroxyl groups is 1. The second kappa shape index (κ2) is 6.02. The molecule has 0 unspecified atom stereocenters. The van der Waals surface area contributed by atoms with Crippen LogP contribution in [0, 0.1) is 0 Å². The van der Waals surface area contributed by atoms with Crippen LogP contribution in [0.5, 0.6) is 5.75 Å². The molecule has 0 aliphatic carbocycles. The van der Waals surface area contributed by atoms with E-state index in [1.54, 1.807) is 7.11 Å². The molecule has 5 heteroatoms. The molecule has 0 radical (unpaired) electrons. The number of nitrogens with zero attached hydrogens (tertiary/aromatic N) is 1. The Hall–Kier alpha value is -1.33. The van der Waals surface area contributed by atoms with Crippen LogP contribution in [0.15, 0.2) is 24.3 Å². The van der Waals surface area contributed by atoms with Crippen LogP contribution >= 0.6 is 12.2 Å². The zero-order chi connectivity index (χ0) is 13.0. The maximum absolute atomic E-state index is 9.62. The van der Waals surface area contributed by atoms with E-state index in [0.717, 1.165) is 30.8 Å². The third-order valence-electron chi connectivity index (χ3n) is 3.03. The standard InChI is InChI=1S/C13H18N2O2S/c1-17-12-6-4-10(5-7-12)14-13(18)15-8-2-3-11(16)9-15/h4-7,11,16H,2-3,8-9H2,1H3,(H,14,18)/t11-/m0/s1. The second-order valence-electron chi connectivity index (χ2n) is 4.40. The number of thiocarbonyl (C=S) groups is 1. The Morgan fingerprint density at radius 2 is 2.17 bits per heavy atom. The van der Waals surface area contributed by atoms with Crippen molar-refractivity contribution in [3.8, 4) is 5.75 Å². The van der Waals surface area contributed by atoms with Crippen molar-refractivity contribution in [3.63, 3.8) is 0 Å². The van der Waals surface area contributed by atoms with E-state index >= 15 is 0 Å². The molecule has 4 nitrogen and oxygen atoms in total. The smallest absolute Gasteiger partial charge is 0.173 e. The van der Waals surface area contributed by atoms with Gasteiger partial charge in [-0.15, -0.1) is 0 Å². The van der Waals surface area contributed by atoms with Crippen molar-refractivity contribution in [3.05, 3.63) is 24.3 Å². The molecule has 1 aromatic carbocycles. The molecular weight excluding hydrogens is 248 g/mol. The van der Waals surface area contributed by atoms with E-state index in [2.05, 4.69) is 5.32 Å². The molecule has 18 heavy (non-hydrogen) atoms. The Balaban J connectivity index is 1.93. The van der Waals surface area contributed by atoms with E-state index in [1.165, 1.54) is 0 Å². The molecule has 0 amide bonds. The second-order valence-corrected chi connectivity index (χ2v) is 4.79. The van der Waals surface area contributed by atoms with E-state index in [0.29, 0.717) is 11.7 Å².